The summed E-state index contributed by atoms with van der Waals surface area (Å²) in [6.45, 7) is 3.02. The van der Waals surface area contributed by atoms with Gasteiger partial charge in [-0.2, -0.15) is 0 Å². The number of aryl methyl sites for hydroxylation is 1. The van der Waals surface area contributed by atoms with Crippen molar-refractivity contribution in [1.29, 1.82) is 0 Å². The van der Waals surface area contributed by atoms with Crippen LogP contribution in [0.1, 0.15) is 16.7 Å². The van der Waals surface area contributed by atoms with Gasteiger partial charge in [0.05, 0.1) is 0 Å². The Labute approximate surface area is 129 Å². The third-order valence-electron chi connectivity index (χ3n) is 3.89. The van der Waals surface area contributed by atoms with Crippen LogP contribution in [0.15, 0.2) is 48.5 Å². The van der Waals surface area contributed by atoms with E-state index in [1.165, 1.54) is 5.56 Å². The fraction of sp³-hybridized carbons (Fsp3) is 0.222. The van der Waals surface area contributed by atoms with Crippen LogP contribution in [-0.2, 0) is 22.6 Å². The molecule has 0 spiro atoms. The standard InChI is InChI=1S/C18H18N2O2/c1-13-5-4-8-16(11-13)19-17(21)18(22)20-10-9-14-6-2-3-7-15(14)12-20/h2-8,11H,9-10,12H2,1H3,(H,19,21). The number of nitrogens with zero attached hydrogens (tertiary/aromatic N) is 1. The lowest BCUT2D eigenvalue weighted by Gasteiger charge is -2.28. The third kappa shape index (κ3) is 3.01. The Balaban J connectivity index is 1.68. The highest BCUT2D eigenvalue weighted by atomic mass is 16.2. The molecule has 0 radical (unpaired) electrons. The first-order chi connectivity index (χ1) is 10.6. The van der Waals surface area contributed by atoms with E-state index in [1.54, 1.807) is 11.0 Å². The van der Waals surface area contributed by atoms with Gasteiger partial charge in [-0.3, -0.25) is 9.59 Å². The Kier molecular flexibility index (Phi) is 3.92. The zero-order chi connectivity index (χ0) is 15.5. The van der Waals surface area contributed by atoms with Gasteiger partial charge in [0.2, 0.25) is 0 Å². The highest BCUT2D eigenvalue weighted by Crippen LogP contribution is 2.19. The molecule has 22 heavy (non-hydrogen) atoms. The molecule has 4 heteroatoms. The lowest BCUT2D eigenvalue weighted by atomic mass is 10.00. The van der Waals surface area contributed by atoms with E-state index in [9.17, 15) is 9.59 Å². The molecule has 1 aliphatic heterocycles. The summed E-state index contributed by atoms with van der Waals surface area (Å²) in [7, 11) is 0. The summed E-state index contributed by atoms with van der Waals surface area (Å²) >= 11 is 0. The Morgan fingerprint density at radius 2 is 1.82 bits per heavy atom. The Bertz CT molecular complexity index is 725. The minimum absolute atomic E-state index is 0.476. The van der Waals surface area contributed by atoms with Gasteiger partial charge in [-0.1, -0.05) is 36.4 Å². The Morgan fingerprint density at radius 1 is 1.05 bits per heavy atom. The molecule has 0 saturated heterocycles. The second-order valence-electron chi connectivity index (χ2n) is 5.57. The summed E-state index contributed by atoms with van der Waals surface area (Å²) in [5, 5.41) is 2.67. The summed E-state index contributed by atoms with van der Waals surface area (Å²) in [4.78, 5) is 26.0. The molecule has 112 valence electrons. The molecule has 0 bridgehead atoms. The van der Waals surface area contributed by atoms with Crippen molar-refractivity contribution in [3.05, 3.63) is 65.2 Å². The van der Waals surface area contributed by atoms with Crippen molar-refractivity contribution in [3.8, 4) is 0 Å². The van der Waals surface area contributed by atoms with Crippen LogP contribution in [0.25, 0.3) is 0 Å². The molecule has 0 unspecified atom stereocenters. The van der Waals surface area contributed by atoms with E-state index >= 15 is 0 Å². The smallest absolute Gasteiger partial charge is 0.313 e. The number of benzene rings is 2. The number of carbonyl (C=O) groups is 2. The van der Waals surface area contributed by atoms with Crippen molar-refractivity contribution in [2.24, 2.45) is 0 Å². The maximum Gasteiger partial charge on any atom is 0.313 e. The number of rotatable bonds is 1. The number of carbonyl (C=O) groups excluding carboxylic acids is 2. The summed E-state index contributed by atoms with van der Waals surface area (Å²) in [5.41, 5.74) is 4.06. The number of amides is 2. The van der Waals surface area contributed by atoms with Crippen LogP contribution >= 0.6 is 0 Å². The molecule has 2 aromatic carbocycles. The van der Waals surface area contributed by atoms with Crippen molar-refractivity contribution in [3.63, 3.8) is 0 Å². The van der Waals surface area contributed by atoms with Crippen molar-refractivity contribution < 1.29 is 9.59 Å². The number of hydrogen-bond acceptors (Lipinski definition) is 2. The lowest BCUT2D eigenvalue weighted by molar-refractivity contribution is -0.143. The third-order valence-corrected chi connectivity index (χ3v) is 3.89. The zero-order valence-corrected chi connectivity index (χ0v) is 12.5. The van der Waals surface area contributed by atoms with E-state index < -0.39 is 11.8 Å². The van der Waals surface area contributed by atoms with E-state index in [0.717, 1.165) is 17.5 Å². The largest absolute Gasteiger partial charge is 0.330 e. The summed E-state index contributed by atoms with van der Waals surface area (Å²) in [6, 6.07) is 15.5. The van der Waals surface area contributed by atoms with Crippen LogP contribution in [-0.4, -0.2) is 23.3 Å². The van der Waals surface area contributed by atoms with E-state index in [1.807, 2.05) is 43.3 Å². The first-order valence-electron chi connectivity index (χ1n) is 7.37. The molecule has 3 rings (SSSR count). The van der Waals surface area contributed by atoms with Crippen molar-refractivity contribution in [2.75, 3.05) is 11.9 Å². The molecule has 0 fully saturated rings. The first-order valence-corrected chi connectivity index (χ1v) is 7.37. The molecular weight excluding hydrogens is 276 g/mol. The summed E-state index contributed by atoms with van der Waals surface area (Å²) in [6.07, 6.45) is 0.791. The van der Waals surface area contributed by atoms with Gasteiger partial charge in [0.15, 0.2) is 0 Å². The number of fused-ring (bicyclic) bond motifs is 1. The van der Waals surface area contributed by atoms with Crippen molar-refractivity contribution in [1.82, 2.24) is 4.90 Å². The molecule has 1 N–H and O–H groups in total. The maximum absolute atomic E-state index is 12.3. The number of nitrogens with one attached hydrogen (secondary N) is 1. The predicted octanol–water partition coefficient (Wildman–Crippen LogP) is 2.52. The topological polar surface area (TPSA) is 49.4 Å². The molecule has 0 atom stereocenters. The molecule has 0 aromatic heterocycles. The van der Waals surface area contributed by atoms with Gasteiger partial charge in [0.25, 0.3) is 0 Å². The van der Waals surface area contributed by atoms with Crippen molar-refractivity contribution >= 4 is 17.5 Å². The molecule has 1 heterocycles. The molecule has 2 amide bonds. The van der Waals surface area contributed by atoms with E-state index in [0.29, 0.717) is 18.8 Å². The van der Waals surface area contributed by atoms with Gasteiger partial charge >= 0.3 is 11.8 Å². The fourth-order valence-corrected chi connectivity index (χ4v) is 2.72. The first kappa shape index (κ1) is 14.3. The number of anilines is 1. The Hall–Kier alpha value is -2.62. The average molecular weight is 294 g/mol. The monoisotopic (exact) mass is 294 g/mol. The Morgan fingerprint density at radius 3 is 2.59 bits per heavy atom. The molecule has 0 aliphatic carbocycles. The van der Waals surface area contributed by atoms with E-state index in [-0.39, 0.29) is 0 Å². The van der Waals surface area contributed by atoms with Gasteiger partial charge < -0.3 is 10.2 Å². The van der Waals surface area contributed by atoms with Gasteiger partial charge in [-0.25, -0.2) is 0 Å². The van der Waals surface area contributed by atoms with Crippen molar-refractivity contribution in [2.45, 2.75) is 19.9 Å². The molecule has 1 aliphatic rings. The lowest BCUT2D eigenvalue weighted by Crippen LogP contribution is -2.42. The second-order valence-corrected chi connectivity index (χ2v) is 5.57. The highest BCUT2D eigenvalue weighted by molar-refractivity contribution is 6.39. The van der Waals surface area contributed by atoms with Crippen LogP contribution < -0.4 is 5.32 Å². The summed E-state index contributed by atoms with van der Waals surface area (Å²) in [5.74, 6) is -1.05. The van der Waals surface area contributed by atoms with Crippen LogP contribution in [0.2, 0.25) is 0 Å². The molecular formula is C18H18N2O2. The highest BCUT2D eigenvalue weighted by Gasteiger charge is 2.25. The van der Waals surface area contributed by atoms with Gasteiger partial charge in [0, 0.05) is 18.8 Å². The van der Waals surface area contributed by atoms with Crippen LogP contribution in [0.5, 0.6) is 0 Å². The maximum atomic E-state index is 12.3. The number of hydrogen-bond donors (Lipinski definition) is 1. The van der Waals surface area contributed by atoms with E-state index in [2.05, 4.69) is 11.4 Å². The average Bonchev–Trinajstić information content (AvgIpc) is 2.53. The van der Waals surface area contributed by atoms with E-state index in [4.69, 9.17) is 0 Å². The fourth-order valence-electron chi connectivity index (χ4n) is 2.72. The minimum Gasteiger partial charge on any atom is -0.330 e. The quantitative estimate of drug-likeness (QED) is 0.822. The molecule has 0 saturated carbocycles. The summed E-state index contributed by atoms with van der Waals surface area (Å²) < 4.78 is 0. The zero-order valence-electron chi connectivity index (χ0n) is 12.5. The van der Waals surface area contributed by atoms with Crippen LogP contribution in [0, 0.1) is 6.92 Å². The molecule has 2 aromatic rings. The predicted molar refractivity (Wildman–Crippen MR) is 85.4 cm³/mol. The minimum atomic E-state index is -0.579. The van der Waals surface area contributed by atoms with Gasteiger partial charge in [-0.05, 0) is 42.2 Å². The molecule has 4 nitrogen and oxygen atoms in total. The SMILES string of the molecule is Cc1cccc(NC(=O)C(=O)N2CCc3ccccc3C2)c1. The van der Waals surface area contributed by atoms with Gasteiger partial charge in [-0.15, -0.1) is 0 Å². The second kappa shape index (κ2) is 6.02. The van der Waals surface area contributed by atoms with Crippen LogP contribution in [0.3, 0.4) is 0 Å². The normalized spacial score (nSPS) is 13.4. The van der Waals surface area contributed by atoms with Crippen LogP contribution in [0.4, 0.5) is 5.69 Å². The van der Waals surface area contributed by atoms with Gasteiger partial charge in [0.1, 0.15) is 0 Å².